The second-order valence-corrected chi connectivity index (χ2v) is 9.50. The van der Waals surface area contributed by atoms with Crippen LogP contribution in [-0.4, -0.2) is 89.2 Å². The number of anilines is 1. The van der Waals surface area contributed by atoms with Crippen LogP contribution in [0.25, 0.3) is 0 Å². The van der Waals surface area contributed by atoms with Crippen molar-refractivity contribution in [2.45, 2.75) is 43.7 Å². The lowest BCUT2D eigenvalue weighted by atomic mass is 10.0. The Labute approximate surface area is 218 Å². The highest BCUT2D eigenvalue weighted by molar-refractivity contribution is 9.10. The van der Waals surface area contributed by atoms with Crippen LogP contribution in [0.2, 0.25) is 0 Å². The number of hydrogen-bond acceptors (Lipinski definition) is 9. The quantitative estimate of drug-likeness (QED) is 0.467. The molecular weight excluding hydrogens is 565 g/mol. The van der Waals surface area contributed by atoms with E-state index in [0.29, 0.717) is 38.9 Å². The number of aromatic amines is 1. The number of carbonyl (C=O) groups is 1. The maximum atomic E-state index is 13.0. The zero-order chi connectivity index (χ0) is 26.6. The second kappa shape index (κ2) is 11.7. The van der Waals surface area contributed by atoms with E-state index >= 15 is 0 Å². The number of H-pyrrole nitrogens is 1. The number of amides is 1. The molecule has 2 aromatic rings. The van der Waals surface area contributed by atoms with Crippen molar-refractivity contribution in [2.24, 2.45) is 0 Å². The van der Waals surface area contributed by atoms with Crippen molar-refractivity contribution >= 4 is 27.8 Å². The first-order chi connectivity index (χ1) is 17.7. The Balaban J connectivity index is 1.28. The normalized spacial score (nSPS) is 19.9. The number of piperidine rings is 1. The molecule has 15 heteroatoms. The number of nitrogens with zero attached hydrogens (tertiary/aromatic N) is 5. The summed E-state index contributed by atoms with van der Waals surface area (Å²) in [5.74, 6) is 0.365. The number of methoxy groups -OCH3 is 1. The van der Waals surface area contributed by atoms with Crippen LogP contribution < -0.4 is 15.2 Å². The highest BCUT2D eigenvalue weighted by atomic mass is 79.9. The Bertz CT molecular complexity index is 1130. The van der Waals surface area contributed by atoms with Crippen molar-refractivity contribution < 1.29 is 32.2 Å². The number of alkyl halides is 3. The van der Waals surface area contributed by atoms with Gasteiger partial charge in [0.15, 0.2) is 5.75 Å². The summed E-state index contributed by atoms with van der Waals surface area (Å²) in [5, 5.41) is 6.00. The van der Waals surface area contributed by atoms with Crippen LogP contribution in [0.5, 0.6) is 5.75 Å². The van der Waals surface area contributed by atoms with Gasteiger partial charge in [0, 0.05) is 51.6 Å². The fraction of sp³-hybridized carbons (Fsp3) is 0.591. The van der Waals surface area contributed by atoms with Crippen LogP contribution in [0.4, 0.5) is 19.1 Å². The van der Waals surface area contributed by atoms with E-state index in [2.05, 4.69) is 36.1 Å². The Morgan fingerprint density at radius 3 is 2.46 bits per heavy atom. The van der Waals surface area contributed by atoms with Gasteiger partial charge in [-0.1, -0.05) is 0 Å². The fourth-order valence-electron chi connectivity index (χ4n) is 4.35. The maximum Gasteiger partial charge on any atom is 0.419 e. The van der Waals surface area contributed by atoms with Gasteiger partial charge in [-0.2, -0.15) is 18.3 Å². The van der Waals surface area contributed by atoms with E-state index in [1.54, 1.807) is 4.90 Å². The van der Waals surface area contributed by atoms with Gasteiger partial charge in [0.2, 0.25) is 5.95 Å². The molecule has 202 valence electrons. The molecule has 11 nitrogen and oxygen atoms in total. The molecule has 2 fully saturated rings. The number of aromatic nitrogens is 4. The molecule has 0 aliphatic carbocycles. The minimum Gasteiger partial charge on any atom is -0.483 e. The zero-order valence-corrected chi connectivity index (χ0v) is 21.5. The van der Waals surface area contributed by atoms with E-state index in [9.17, 15) is 22.8 Å². The largest absolute Gasteiger partial charge is 0.483 e. The third kappa shape index (κ3) is 6.57. The predicted octanol–water partition coefficient (Wildman–Crippen LogP) is 2.02. The summed E-state index contributed by atoms with van der Waals surface area (Å²) in [7, 11) is 1.51. The van der Waals surface area contributed by atoms with Gasteiger partial charge in [-0.05, 0) is 28.8 Å². The van der Waals surface area contributed by atoms with Crippen LogP contribution in [0, 0.1) is 0 Å². The summed E-state index contributed by atoms with van der Waals surface area (Å²) >= 11 is 3.16. The number of likely N-dealkylation sites (tertiary alicyclic amines) is 1. The smallest absolute Gasteiger partial charge is 0.419 e. The molecule has 0 aromatic carbocycles. The van der Waals surface area contributed by atoms with Crippen molar-refractivity contribution in [3.63, 3.8) is 0 Å². The van der Waals surface area contributed by atoms with Crippen molar-refractivity contribution in [2.75, 3.05) is 44.9 Å². The lowest BCUT2D eigenvalue weighted by molar-refractivity contribution is -0.141. The highest BCUT2D eigenvalue weighted by Gasteiger charge is 2.38. The van der Waals surface area contributed by atoms with Crippen molar-refractivity contribution in [1.82, 2.24) is 25.1 Å². The molecule has 2 aliphatic rings. The molecule has 0 saturated carbocycles. The molecule has 2 unspecified atom stereocenters. The highest BCUT2D eigenvalue weighted by Crippen LogP contribution is 2.30. The van der Waals surface area contributed by atoms with Crippen molar-refractivity contribution in [1.29, 1.82) is 0 Å². The molecule has 1 N–H and O–H groups in total. The van der Waals surface area contributed by atoms with E-state index in [-0.39, 0.29) is 41.3 Å². The third-order valence-corrected chi connectivity index (χ3v) is 6.99. The average molecular weight is 591 g/mol. The zero-order valence-electron chi connectivity index (χ0n) is 19.9. The van der Waals surface area contributed by atoms with Crippen molar-refractivity contribution in [3.05, 3.63) is 39.0 Å². The van der Waals surface area contributed by atoms with E-state index in [1.165, 1.54) is 13.3 Å². The lowest BCUT2D eigenvalue weighted by Gasteiger charge is -2.36. The lowest BCUT2D eigenvalue weighted by Crippen LogP contribution is -2.47. The molecule has 0 spiro atoms. The average Bonchev–Trinajstić information content (AvgIpc) is 3.25. The number of halogens is 4. The van der Waals surface area contributed by atoms with Crippen LogP contribution >= 0.6 is 15.9 Å². The first-order valence-electron chi connectivity index (χ1n) is 11.6. The summed E-state index contributed by atoms with van der Waals surface area (Å²) in [6.45, 7) is 1.84. The Morgan fingerprint density at radius 1 is 1.11 bits per heavy atom. The summed E-state index contributed by atoms with van der Waals surface area (Å²) in [4.78, 5) is 36.1. The van der Waals surface area contributed by atoms with Crippen molar-refractivity contribution in [3.8, 4) is 5.75 Å². The fourth-order valence-corrected chi connectivity index (χ4v) is 4.64. The number of rotatable bonds is 9. The van der Waals surface area contributed by atoms with E-state index < -0.39 is 29.5 Å². The minimum absolute atomic E-state index is 0.00380. The molecule has 4 heterocycles. The van der Waals surface area contributed by atoms with Gasteiger partial charge in [0.1, 0.15) is 16.7 Å². The number of carbonyl (C=O) groups excluding carboxylic acids is 1. The van der Waals surface area contributed by atoms with E-state index in [0.717, 1.165) is 12.4 Å². The molecule has 0 bridgehead atoms. The predicted molar refractivity (Wildman–Crippen MR) is 127 cm³/mol. The molecule has 0 radical (unpaired) electrons. The first kappa shape index (κ1) is 27.3. The summed E-state index contributed by atoms with van der Waals surface area (Å²) < 4.78 is 55.3. The van der Waals surface area contributed by atoms with Gasteiger partial charge in [-0.3, -0.25) is 9.59 Å². The molecule has 2 aromatic heterocycles. The van der Waals surface area contributed by atoms with Crippen LogP contribution in [-0.2, 0) is 20.4 Å². The number of hydrogen-bond donors (Lipinski definition) is 1. The van der Waals surface area contributed by atoms with E-state index in [1.807, 2.05) is 4.90 Å². The summed E-state index contributed by atoms with van der Waals surface area (Å²) in [6.07, 6.45) is -0.944. The van der Waals surface area contributed by atoms with Gasteiger partial charge in [0.25, 0.3) is 11.5 Å². The Hall–Kier alpha value is -2.78. The summed E-state index contributed by atoms with van der Waals surface area (Å²) in [6, 6.07) is -0.00380. The monoisotopic (exact) mass is 590 g/mol. The SMILES string of the molecule is COCC(COC1CCN(C2CCN(c3ncc(C(F)(F)F)cn3)CC2)C1=O)Oc1cn[nH]c(=O)c1Br. The van der Waals surface area contributed by atoms with Gasteiger partial charge < -0.3 is 24.0 Å². The maximum absolute atomic E-state index is 13.0. The molecule has 4 rings (SSSR count). The van der Waals surface area contributed by atoms with Gasteiger partial charge in [0.05, 0.1) is 25.0 Å². The third-order valence-electron chi connectivity index (χ3n) is 6.24. The molecule has 2 atom stereocenters. The van der Waals surface area contributed by atoms with E-state index in [4.69, 9.17) is 14.2 Å². The standard InChI is InChI=1S/C22H26BrF3N6O5/c1-35-11-15(37-17-10-29-30-19(33)18(17)23)12-36-16-4-7-32(20(16)34)14-2-5-31(6-3-14)21-27-8-13(9-28-21)22(24,25)26/h8-10,14-16H,2-7,11-12H2,1H3,(H,30,33). The minimum atomic E-state index is -4.48. The van der Waals surface area contributed by atoms with Gasteiger partial charge >= 0.3 is 6.18 Å². The first-order valence-corrected chi connectivity index (χ1v) is 12.4. The van der Waals surface area contributed by atoms with Crippen LogP contribution in [0.3, 0.4) is 0 Å². The molecule has 2 saturated heterocycles. The Kier molecular flexibility index (Phi) is 8.64. The number of ether oxygens (including phenoxy) is 3. The second-order valence-electron chi connectivity index (χ2n) is 8.70. The van der Waals surface area contributed by atoms with Crippen LogP contribution in [0.15, 0.2) is 27.9 Å². The topological polar surface area (TPSA) is 123 Å². The Morgan fingerprint density at radius 2 is 1.81 bits per heavy atom. The number of nitrogens with one attached hydrogen (secondary N) is 1. The molecular formula is C22H26BrF3N6O5. The molecule has 37 heavy (non-hydrogen) atoms. The van der Waals surface area contributed by atoms with Gasteiger partial charge in [-0.25, -0.2) is 15.1 Å². The van der Waals surface area contributed by atoms with Crippen LogP contribution in [0.1, 0.15) is 24.8 Å². The molecule has 2 aliphatic heterocycles. The van der Waals surface area contributed by atoms with Gasteiger partial charge in [-0.15, -0.1) is 0 Å². The molecule has 1 amide bonds. The summed E-state index contributed by atoms with van der Waals surface area (Å²) in [5.41, 5.74) is -1.33.